The Morgan fingerprint density at radius 1 is 0.771 bits per heavy atom. The third kappa shape index (κ3) is 5.28. The van der Waals surface area contributed by atoms with Crippen molar-refractivity contribution >= 4 is 33.4 Å². The normalized spacial score (nSPS) is 11.3. The molecule has 0 aliphatic heterocycles. The maximum Gasteiger partial charge on any atom is 0.147 e. The fourth-order valence-corrected chi connectivity index (χ4v) is 4.55. The highest BCUT2D eigenvalue weighted by Gasteiger charge is 2.11. The van der Waals surface area contributed by atoms with Crippen LogP contribution in [0.5, 0.6) is 11.5 Å². The summed E-state index contributed by atoms with van der Waals surface area (Å²) in [5.41, 5.74) is 4.22. The number of hydrogen-bond acceptors (Lipinski definition) is 3. The van der Waals surface area contributed by atoms with E-state index in [0.717, 1.165) is 63.9 Å². The van der Waals surface area contributed by atoms with E-state index in [1.807, 2.05) is 50.2 Å². The third-order valence-corrected chi connectivity index (χ3v) is 6.87. The zero-order valence-electron chi connectivity index (χ0n) is 20.1. The lowest BCUT2D eigenvalue weighted by molar-refractivity contribution is 0.285. The first-order valence-corrected chi connectivity index (χ1v) is 12.4. The Morgan fingerprint density at radius 2 is 1.51 bits per heavy atom. The van der Waals surface area contributed by atoms with Gasteiger partial charge in [-0.25, -0.2) is 4.98 Å². The van der Waals surface area contributed by atoms with Crippen molar-refractivity contribution in [1.82, 2.24) is 9.55 Å². The second-order valence-electron chi connectivity index (χ2n) is 8.89. The molecule has 178 valence electrons. The average Bonchev–Trinajstić information content (AvgIpc) is 3.23. The number of fused-ring (bicyclic) bond motifs is 2. The van der Waals surface area contributed by atoms with Crippen molar-refractivity contribution < 1.29 is 9.47 Å². The molecule has 4 aromatic carbocycles. The lowest BCUT2D eigenvalue weighted by Crippen LogP contribution is -2.09. The van der Waals surface area contributed by atoms with Crippen LogP contribution in [0.15, 0.2) is 78.9 Å². The minimum absolute atomic E-state index is 0.423. The summed E-state index contributed by atoms with van der Waals surface area (Å²) in [6.45, 7) is 5.96. The summed E-state index contributed by atoms with van der Waals surface area (Å²) in [5, 5.41) is 3.19. The Kier molecular flexibility index (Phi) is 6.91. The summed E-state index contributed by atoms with van der Waals surface area (Å²) in [6, 6.07) is 26.8. The predicted octanol–water partition coefficient (Wildman–Crippen LogP) is 7.90. The fraction of sp³-hybridized carbons (Fsp3) is 0.233. The van der Waals surface area contributed by atoms with Crippen LogP contribution in [0.4, 0.5) is 0 Å². The SMILES string of the molecule is Cc1cc(OCCCCn2c(COc3ccc4ccccc4c3)nc3ccccc32)cc(C)c1Cl. The molecule has 0 unspecified atom stereocenters. The maximum absolute atomic E-state index is 6.27. The zero-order valence-corrected chi connectivity index (χ0v) is 20.9. The summed E-state index contributed by atoms with van der Waals surface area (Å²) in [5.74, 6) is 2.66. The van der Waals surface area contributed by atoms with Gasteiger partial charge >= 0.3 is 0 Å². The van der Waals surface area contributed by atoms with E-state index in [-0.39, 0.29) is 0 Å². The van der Waals surface area contributed by atoms with Gasteiger partial charge in [0, 0.05) is 11.6 Å². The van der Waals surface area contributed by atoms with Gasteiger partial charge in [0.15, 0.2) is 0 Å². The molecule has 0 saturated carbocycles. The molecule has 5 heteroatoms. The van der Waals surface area contributed by atoms with Gasteiger partial charge in [0.1, 0.15) is 23.9 Å². The summed E-state index contributed by atoms with van der Waals surface area (Å²) >= 11 is 6.27. The average molecular weight is 485 g/mol. The monoisotopic (exact) mass is 484 g/mol. The quantitative estimate of drug-likeness (QED) is 0.199. The van der Waals surface area contributed by atoms with Crippen molar-refractivity contribution in [2.24, 2.45) is 0 Å². The van der Waals surface area contributed by atoms with Gasteiger partial charge in [-0.2, -0.15) is 0 Å². The molecule has 0 N–H and O–H groups in total. The lowest BCUT2D eigenvalue weighted by atomic mass is 10.1. The number of para-hydroxylation sites is 2. The molecule has 0 bridgehead atoms. The van der Waals surface area contributed by atoms with E-state index in [4.69, 9.17) is 26.1 Å². The highest BCUT2D eigenvalue weighted by molar-refractivity contribution is 6.32. The van der Waals surface area contributed by atoms with Crippen LogP contribution < -0.4 is 9.47 Å². The van der Waals surface area contributed by atoms with Gasteiger partial charge in [0.25, 0.3) is 0 Å². The molecule has 5 rings (SSSR count). The summed E-state index contributed by atoms with van der Waals surface area (Å²) in [4.78, 5) is 4.86. The Labute approximate surface area is 211 Å². The van der Waals surface area contributed by atoms with Crippen LogP contribution in [0.1, 0.15) is 29.8 Å². The van der Waals surface area contributed by atoms with E-state index in [1.165, 1.54) is 10.8 Å². The van der Waals surface area contributed by atoms with E-state index < -0.39 is 0 Å². The number of ether oxygens (including phenoxy) is 2. The molecule has 0 aliphatic rings. The summed E-state index contributed by atoms with van der Waals surface area (Å²) in [7, 11) is 0. The molecule has 0 spiro atoms. The van der Waals surface area contributed by atoms with Crippen molar-refractivity contribution in [2.75, 3.05) is 6.61 Å². The number of imidazole rings is 1. The van der Waals surface area contributed by atoms with Crippen molar-refractivity contribution in [3.63, 3.8) is 0 Å². The molecule has 0 amide bonds. The molecule has 0 fully saturated rings. The van der Waals surface area contributed by atoms with E-state index >= 15 is 0 Å². The Balaban J connectivity index is 1.23. The van der Waals surface area contributed by atoms with Crippen molar-refractivity contribution in [3.8, 4) is 11.5 Å². The van der Waals surface area contributed by atoms with Gasteiger partial charge in [-0.15, -0.1) is 0 Å². The molecule has 0 saturated heterocycles. The standard InChI is InChI=1S/C30H29ClN2O2/c1-21-17-26(18-22(2)30(21)31)34-16-8-7-15-33-28-12-6-5-11-27(28)32-29(33)20-35-25-14-13-23-9-3-4-10-24(23)19-25/h3-6,9-14,17-19H,7-8,15-16,20H2,1-2H3. The molecular weight excluding hydrogens is 456 g/mol. The maximum atomic E-state index is 6.27. The molecule has 5 aromatic rings. The van der Waals surface area contributed by atoms with Gasteiger partial charge < -0.3 is 14.0 Å². The van der Waals surface area contributed by atoms with Crippen LogP contribution in [-0.4, -0.2) is 16.2 Å². The summed E-state index contributed by atoms with van der Waals surface area (Å²) < 4.78 is 14.4. The van der Waals surface area contributed by atoms with Gasteiger partial charge in [-0.3, -0.25) is 0 Å². The van der Waals surface area contributed by atoms with Gasteiger partial charge in [-0.1, -0.05) is 54.1 Å². The molecule has 4 nitrogen and oxygen atoms in total. The highest BCUT2D eigenvalue weighted by Crippen LogP contribution is 2.26. The van der Waals surface area contributed by atoms with Crippen molar-refractivity contribution in [1.29, 1.82) is 0 Å². The van der Waals surface area contributed by atoms with Gasteiger partial charge in [0.05, 0.1) is 17.6 Å². The van der Waals surface area contributed by atoms with E-state index in [1.54, 1.807) is 0 Å². The second kappa shape index (κ2) is 10.4. The smallest absolute Gasteiger partial charge is 0.147 e. The number of aromatic nitrogens is 2. The van der Waals surface area contributed by atoms with Crippen molar-refractivity contribution in [2.45, 2.75) is 39.8 Å². The van der Waals surface area contributed by atoms with Crippen LogP contribution >= 0.6 is 11.6 Å². The Hall–Kier alpha value is -3.50. The first kappa shape index (κ1) is 23.3. The van der Waals surface area contributed by atoms with Crippen LogP contribution in [0.3, 0.4) is 0 Å². The van der Waals surface area contributed by atoms with E-state index in [0.29, 0.717) is 13.2 Å². The van der Waals surface area contributed by atoms with Gasteiger partial charge in [0.2, 0.25) is 0 Å². The number of rotatable bonds is 9. The van der Waals surface area contributed by atoms with E-state index in [9.17, 15) is 0 Å². The van der Waals surface area contributed by atoms with Crippen LogP contribution in [0.2, 0.25) is 5.02 Å². The first-order chi connectivity index (χ1) is 17.1. The fourth-order valence-electron chi connectivity index (χ4n) is 4.44. The number of nitrogens with zero attached hydrogens (tertiary/aromatic N) is 2. The molecule has 35 heavy (non-hydrogen) atoms. The molecular formula is C30H29ClN2O2. The lowest BCUT2D eigenvalue weighted by Gasteiger charge is -2.12. The number of hydrogen-bond donors (Lipinski definition) is 0. The highest BCUT2D eigenvalue weighted by atomic mass is 35.5. The molecule has 0 atom stereocenters. The topological polar surface area (TPSA) is 36.3 Å². The second-order valence-corrected chi connectivity index (χ2v) is 9.27. The van der Waals surface area contributed by atoms with Crippen LogP contribution in [0.25, 0.3) is 21.8 Å². The van der Waals surface area contributed by atoms with Crippen LogP contribution in [0, 0.1) is 13.8 Å². The zero-order chi connectivity index (χ0) is 24.2. The van der Waals surface area contributed by atoms with Gasteiger partial charge in [-0.05, 0) is 85.0 Å². The molecule has 0 radical (unpaired) electrons. The molecule has 1 aromatic heterocycles. The first-order valence-electron chi connectivity index (χ1n) is 12.0. The number of halogens is 1. The van der Waals surface area contributed by atoms with Crippen molar-refractivity contribution in [3.05, 3.63) is 101 Å². The third-order valence-electron chi connectivity index (χ3n) is 6.28. The number of benzene rings is 4. The molecule has 1 heterocycles. The minimum Gasteiger partial charge on any atom is -0.494 e. The Bertz CT molecular complexity index is 1450. The Morgan fingerprint density at radius 3 is 2.34 bits per heavy atom. The minimum atomic E-state index is 0.423. The molecule has 0 aliphatic carbocycles. The van der Waals surface area contributed by atoms with E-state index in [2.05, 4.69) is 47.0 Å². The number of aryl methyl sites for hydroxylation is 3. The largest absolute Gasteiger partial charge is 0.494 e. The predicted molar refractivity (Wildman–Crippen MR) is 144 cm³/mol. The summed E-state index contributed by atoms with van der Waals surface area (Å²) in [6.07, 6.45) is 1.92. The number of unbranched alkanes of at least 4 members (excludes halogenated alkanes) is 1. The van der Waals surface area contributed by atoms with Crippen LogP contribution in [-0.2, 0) is 13.2 Å².